The first-order chi connectivity index (χ1) is 12.2. The number of benzene rings is 2. The van der Waals surface area contributed by atoms with E-state index in [0.717, 1.165) is 21.3 Å². The highest BCUT2D eigenvalue weighted by Gasteiger charge is 2.41. The number of hydrogen-bond acceptors (Lipinski definition) is 5. The van der Waals surface area contributed by atoms with E-state index in [0.29, 0.717) is 6.42 Å². The van der Waals surface area contributed by atoms with Crippen LogP contribution in [0.1, 0.15) is 35.3 Å². The molecule has 1 saturated heterocycles. The molecule has 0 amide bonds. The van der Waals surface area contributed by atoms with E-state index >= 15 is 0 Å². The van der Waals surface area contributed by atoms with Crippen molar-refractivity contribution in [2.24, 2.45) is 5.16 Å². The van der Waals surface area contributed by atoms with Gasteiger partial charge in [-0.25, -0.2) is 4.79 Å². The van der Waals surface area contributed by atoms with E-state index in [1.165, 1.54) is 12.7 Å². The average molecular weight is 402 g/mol. The van der Waals surface area contributed by atoms with E-state index in [4.69, 9.17) is 9.57 Å². The summed E-state index contributed by atoms with van der Waals surface area (Å²) in [5, 5.41) is 4.00. The minimum Gasteiger partial charge on any atom is -0.466 e. The van der Waals surface area contributed by atoms with Crippen molar-refractivity contribution >= 4 is 27.6 Å². The van der Waals surface area contributed by atoms with Gasteiger partial charge in [0.1, 0.15) is 12.2 Å². The Morgan fingerprint density at radius 1 is 1.08 bits per heavy atom. The number of oxime groups is 1. The van der Waals surface area contributed by atoms with Crippen LogP contribution in [0.4, 0.5) is 0 Å². The van der Waals surface area contributed by atoms with Gasteiger partial charge in [0, 0.05) is 10.9 Å². The monoisotopic (exact) mass is 401 g/mol. The second-order valence-corrected chi connectivity index (χ2v) is 6.93. The highest BCUT2D eigenvalue weighted by Crippen LogP contribution is 2.51. The predicted octanol–water partition coefficient (Wildman–Crippen LogP) is 3.93. The molecule has 3 atom stereocenters. The first-order valence-corrected chi connectivity index (χ1v) is 8.77. The van der Waals surface area contributed by atoms with Crippen LogP contribution in [0.3, 0.4) is 0 Å². The second kappa shape index (κ2) is 6.61. The van der Waals surface area contributed by atoms with Crippen molar-refractivity contribution in [3.63, 3.8) is 0 Å². The van der Waals surface area contributed by atoms with Gasteiger partial charge in [-0.3, -0.25) is 0 Å². The molecule has 0 N–H and O–H groups in total. The summed E-state index contributed by atoms with van der Waals surface area (Å²) in [5.74, 6) is -0.404. The lowest BCUT2D eigenvalue weighted by molar-refractivity contribution is -0.152. The highest BCUT2D eigenvalue weighted by atomic mass is 79.9. The molecule has 0 bridgehead atoms. The molecule has 128 valence electrons. The molecule has 2 heterocycles. The Bertz CT molecular complexity index is 816. The number of ether oxygens (including phenoxy) is 2. The van der Waals surface area contributed by atoms with Crippen molar-refractivity contribution in [1.82, 2.24) is 0 Å². The van der Waals surface area contributed by atoms with Gasteiger partial charge in [0.05, 0.1) is 12.8 Å². The third kappa shape index (κ3) is 3.32. The maximum absolute atomic E-state index is 11.5. The number of nitrogens with zero attached hydrogens (tertiary/aromatic N) is 1. The molecule has 2 aliphatic heterocycles. The largest absolute Gasteiger partial charge is 0.466 e. The summed E-state index contributed by atoms with van der Waals surface area (Å²) in [4.78, 5) is 16.6. The number of carbonyl (C=O) groups is 1. The van der Waals surface area contributed by atoms with Crippen LogP contribution in [0.25, 0.3) is 0 Å². The number of halogens is 1. The van der Waals surface area contributed by atoms with Crippen LogP contribution in [-0.4, -0.2) is 24.9 Å². The van der Waals surface area contributed by atoms with Gasteiger partial charge in [0.15, 0.2) is 0 Å². The van der Waals surface area contributed by atoms with Crippen LogP contribution in [0.5, 0.6) is 0 Å². The smallest absolute Gasteiger partial charge is 0.350 e. The lowest BCUT2D eigenvalue weighted by atomic mass is 10.00. The quantitative estimate of drug-likeness (QED) is 0.575. The van der Waals surface area contributed by atoms with Crippen molar-refractivity contribution in [3.05, 3.63) is 69.7 Å². The maximum atomic E-state index is 11.5. The fourth-order valence-electron chi connectivity index (χ4n) is 2.94. The number of hydrogen-bond donors (Lipinski definition) is 0. The molecule has 2 aromatic carbocycles. The van der Waals surface area contributed by atoms with Crippen LogP contribution in [0.2, 0.25) is 0 Å². The molecule has 6 heteroatoms. The number of methoxy groups -OCH3 is 1. The van der Waals surface area contributed by atoms with Crippen molar-refractivity contribution < 1.29 is 19.1 Å². The van der Waals surface area contributed by atoms with E-state index in [2.05, 4.69) is 38.0 Å². The zero-order valence-electron chi connectivity index (χ0n) is 13.5. The molecule has 3 unspecified atom stereocenters. The van der Waals surface area contributed by atoms with Crippen LogP contribution in [-0.2, 0) is 19.1 Å². The van der Waals surface area contributed by atoms with Crippen LogP contribution < -0.4 is 0 Å². The van der Waals surface area contributed by atoms with Crippen molar-refractivity contribution in [2.75, 3.05) is 7.11 Å². The lowest BCUT2D eigenvalue weighted by Gasteiger charge is -2.04. The Morgan fingerprint density at radius 2 is 1.68 bits per heavy atom. The summed E-state index contributed by atoms with van der Waals surface area (Å²) >= 11 is 3.44. The minimum absolute atomic E-state index is 0.0832. The zero-order valence-corrected chi connectivity index (χ0v) is 15.1. The summed E-state index contributed by atoms with van der Waals surface area (Å²) in [6, 6.07) is 16.2. The van der Waals surface area contributed by atoms with Crippen molar-refractivity contribution in [3.8, 4) is 0 Å². The summed E-state index contributed by atoms with van der Waals surface area (Å²) < 4.78 is 11.6. The van der Waals surface area contributed by atoms with Gasteiger partial charge < -0.3 is 14.3 Å². The summed E-state index contributed by atoms with van der Waals surface area (Å²) in [6.45, 7) is 0. The molecule has 0 radical (unpaired) electrons. The van der Waals surface area contributed by atoms with Crippen LogP contribution in [0.15, 0.2) is 58.2 Å². The molecular formula is C19H16BrNO4. The second-order valence-electron chi connectivity index (χ2n) is 6.01. The predicted molar refractivity (Wildman–Crippen MR) is 95.2 cm³/mol. The normalized spacial score (nSPS) is 24.4. The Labute approximate surface area is 153 Å². The van der Waals surface area contributed by atoms with Gasteiger partial charge in [0.2, 0.25) is 6.10 Å². The topological polar surface area (TPSA) is 60.4 Å². The van der Waals surface area contributed by atoms with Crippen LogP contribution in [0, 0.1) is 0 Å². The summed E-state index contributed by atoms with van der Waals surface area (Å²) in [6.07, 6.45) is -0.0316. The van der Waals surface area contributed by atoms with Gasteiger partial charge in [0.25, 0.3) is 0 Å². The van der Waals surface area contributed by atoms with Gasteiger partial charge >= 0.3 is 5.97 Å². The van der Waals surface area contributed by atoms with E-state index in [1.54, 1.807) is 0 Å². The van der Waals surface area contributed by atoms with Crippen molar-refractivity contribution in [1.29, 1.82) is 0 Å². The van der Waals surface area contributed by atoms with Gasteiger partial charge in [-0.05, 0) is 28.8 Å². The Hall–Kier alpha value is -2.18. The number of rotatable bonds is 4. The maximum Gasteiger partial charge on any atom is 0.350 e. The number of esters is 1. The first kappa shape index (κ1) is 16.3. The number of epoxide rings is 1. The molecule has 5 nitrogen and oxygen atoms in total. The van der Waals surface area contributed by atoms with Gasteiger partial charge in [-0.2, -0.15) is 0 Å². The molecule has 2 aromatic rings. The number of carbonyl (C=O) groups excluding carboxylic acids is 1. The zero-order chi connectivity index (χ0) is 17.4. The van der Waals surface area contributed by atoms with Gasteiger partial charge in [-0.15, -0.1) is 0 Å². The molecule has 0 aliphatic carbocycles. The standard InChI is InChI=1S/C19H16BrNO4/c1-23-19(22)16-10-15(21-25-16)11-2-4-12(5-3-11)17-18(24-17)13-6-8-14(20)9-7-13/h2-9,16-18H,10H2,1H3. The molecule has 25 heavy (non-hydrogen) atoms. The minimum atomic E-state index is -0.645. The average Bonchev–Trinajstić information content (AvgIpc) is 3.29. The third-order valence-electron chi connectivity index (χ3n) is 4.40. The lowest BCUT2D eigenvalue weighted by Crippen LogP contribution is -2.22. The molecule has 4 rings (SSSR count). The first-order valence-electron chi connectivity index (χ1n) is 7.97. The SMILES string of the molecule is COC(=O)C1CC(c2ccc(C3OC3c3ccc(Br)cc3)cc2)=NO1. The summed E-state index contributed by atoms with van der Waals surface area (Å²) in [5.41, 5.74) is 3.99. The molecular weight excluding hydrogens is 386 g/mol. The highest BCUT2D eigenvalue weighted by molar-refractivity contribution is 9.10. The van der Waals surface area contributed by atoms with E-state index in [-0.39, 0.29) is 12.2 Å². The van der Waals surface area contributed by atoms with Crippen molar-refractivity contribution in [2.45, 2.75) is 24.7 Å². The molecule has 2 aliphatic rings. The fraction of sp³-hybridized carbons (Fsp3) is 0.263. The Balaban J connectivity index is 1.42. The molecule has 0 aromatic heterocycles. The Morgan fingerprint density at radius 3 is 2.28 bits per heavy atom. The third-order valence-corrected chi connectivity index (χ3v) is 4.92. The molecule has 0 spiro atoms. The summed E-state index contributed by atoms with van der Waals surface area (Å²) in [7, 11) is 1.34. The van der Waals surface area contributed by atoms with E-state index < -0.39 is 12.1 Å². The van der Waals surface area contributed by atoms with E-state index in [9.17, 15) is 4.79 Å². The van der Waals surface area contributed by atoms with Gasteiger partial charge in [-0.1, -0.05) is 57.5 Å². The molecule has 0 saturated carbocycles. The fourth-order valence-corrected chi connectivity index (χ4v) is 3.21. The molecule has 1 fully saturated rings. The van der Waals surface area contributed by atoms with E-state index in [1.807, 2.05) is 36.4 Å². The van der Waals surface area contributed by atoms with Crippen LogP contribution >= 0.6 is 15.9 Å². The Kier molecular flexibility index (Phi) is 4.31.